The van der Waals surface area contributed by atoms with Crippen LogP contribution in [-0.4, -0.2) is 10.9 Å². The third kappa shape index (κ3) is 3.14. The number of aromatic nitrogens is 1. The lowest BCUT2D eigenvalue weighted by atomic mass is 10.1. The predicted molar refractivity (Wildman–Crippen MR) is 80.7 cm³/mol. The summed E-state index contributed by atoms with van der Waals surface area (Å²) in [6.07, 6.45) is 0.212. The van der Waals surface area contributed by atoms with Crippen molar-refractivity contribution in [1.82, 2.24) is 10.3 Å². The van der Waals surface area contributed by atoms with E-state index in [-0.39, 0.29) is 24.7 Å². The van der Waals surface area contributed by atoms with E-state index >= 15 is 0 Å². The Balaban J connectivity index is 1.64. The number of carbonyl (C=O) groups is 1. The predicted octanol–water partition coefficient (Wildman–Crippen LogP) is 3.13. The Labute approximate surface area is 127 Å². The van der Waals surface area contributed by atoms with E-state index in [0.29, 0.717) is 17.0 Å². The SMILES string of the molecule is Cc1nc2ccc(CC(=O)NCc3ccccc3F)cc2o1. The van der Waals surface area contributed by atoms with Crippen LogP contribution in [-0.2, 0) is 17.8 Å². The van der Waals surface area contributed by atoms with Crippen LogP contribution in [0.5, 0.6) is 0 Å². The summed E-state index contributed by atoms with van der Waals surface area (Å²) in [5.74, 6) is 0.108. The molecule has 0 atom stereocenters. The summed E-state index contributed by atoms with van der Waals surface area (Å²) in [6.45, 7) is 1.95. The zero-order valence-corrected chi connectivity index (χ0v) is 12.1. The number of fused-ring (bicyclic) bond motifs is 1. The molecule has 0 spiro atoms. The normalized spacial score (nSPS) is 10.8. The summed E-state index contributed by atoms with van der Waals surface area (Å²) in [7, 11) is 0. The summed E-state index contributed by atoms with van der Waals surface area (Å²) in [4.78, 5) is 16.2. The van der Waals surface area contributed by atoms with Gasteiger partial charge in [-0.3, -0.25) is 4.79 Å². The number of amides is 1. The van der Waals surface area contributed by atoms with Crippen LogP contribution in [0.1, 0.15) is 17.0 Å². The smallest absolute Gasteiger partial charge is 0.224 e. The minimum atomic E-state index is -0.318. The molecule has 3 aromatic rings. The third-order valence-corrected chi connectivity index (χ3v) is 3.36. The molecule has 4 nitrogen and oxygen atoms in total. The Morgan fingerprint density at radius 3 is 2.91 bits per heavy atom. The molecule has 0 radical (unpaired) electrons. The molecule has 0 unspecified atom stereocenters. The molecule has 22 heavy (non-hydrogen) atoms. The first-order valence-corrected chi connectivity index (χ1v) is 6.98. The highest BCUT2D eigenvalue weighted by molar-refractivity contribution is 5.81. The molecule has 2 aromatic carbocycles. The van der Waals surface area contributed by atoms with Gasteiger partial charge in [-0.15, -0.1) is 0 Å². The topological polar surface area (TPSA) is 55.1 Å². The van der Waals surface area contributed by atoms with Gasteiger partial charge in [-0.1, -0.05) is 24.3 Å². The Hall–Kier alpha value is -2.69. The van der Waals surface area contributed by atoms with Crippen LogP contribution in [0.2, 0.25) is 0 Å². The quantitative estimate of drug-likeness (QED) is 0.805. The molecular weight excluding hydrogens is 283 g/mol. The van der Waals surface area contributed by atoms with Crippen molar-refractivity contribution in [1.29, 1.82) is 0 Å². The maximum Gasteiger partial charge on any atom is 0.224 e. The molecule has 0 saturated carbocycles. The highest BCUT2D eigenvalue weighted by atomic mass is 19.1. The fourth-order valence-electron chi connectivity index (χ4n) is 2.28. The maximum absolute atomic E-state index is 13.5. The van der Waals surface area contributed by atoms with Crippen molar-refractivity contribution in [3.63, 3.8) is 0 Å². The van der Waals surface area contributed by atoms with Crippen molar-refractivity contribution in [2.45, 2.75) is 19.9 Å². The fourth-order valence-corrected chi connectivity index (χ4v) is 2.28. The molecule has 0 fully saturated rings. The average Bonchev–Trinajstić information content (AvgIpc) is 2.86. The van der Waals surface area contributed by atoms with Crippen LogP contribution in [0.25, 0.3) is 11.1 Å². The second-order valence-corrected chi connectivity index (χ2v) is 5.08. The number of carbonyl (C=O) groups excluding carboxylic acids is 1. The van der Waals surface area contributed by atoms with Crippen LogP contribution >= 0.6 is 0 Å². The van der Waals surface area contributed by atoms with Gasteiger partial charge in [0.25, 0.3) is 0 Å². The number of hydrogen-bond acceptors (Lipinski definition) is 3. The number of benzene rings is 2. The number of aryl methyl sites for hydroxylation is 1. The van der Waals surface area contributed by atoms with E-state index in [9.17, 15) is 9.18 Å². The van der Waals surface area contributed by atoms with Crippen molar-refractivity contribution in [3.05, 3.63) is 65.3 Å². The molecule has 3 rings (SSSR count). The lowest BCUT2D eigenvalue weighted by Gasteiger charge is -2.06. The first-order valence-electron chi connectivity index (χ1n) is 6.98. The lowest BCUT2D eigenvalue weighted by molar-refractivity contribution is -0.120. The number of nitrogens with zero attached hydrogens (tertiary/aromatic N) is 1. The van der Waals surface area contributed by atoms with E-state index in [1.54, 1.807) is 31.2 Å². The largest absolute Gasteiger partial charge is 0.441 e. The van der Waals surface area contributed by atoms with Crippen LogP contribution in [0.3, 0.4) is 0 Å². The van der Waals surface area contributed by atoms with E-state index in [1.165, 1.54) is 6.07 Å². The van der Waals surface area contributed by atoms with Gasteiger partial charge >= 0.3 is 0 Å². The van der Waals surface area contributed by atoms with Gasteiger partial charge in [0.1, 0.15) is 11.3 Å². The van der Waals surface area contributed by atoms with Crippen molar-refractivity contribution in [3.8, 4) is 0 Å². The van der Waals surface area contributed by atoms with E-state index < -0.39 is 0 Å². The molecule has 0 aliphatic carbocycles. The number of rotatable bonds is 4. The van der Waals surface area contributed by atoms with Gasteiger partial charge in [-0.05, 0) is 23.8 Å². The number of nitrogens with one attached hydrogen (secondary N) is 1. The van der Waals surface area contributed by atoms with Gasteiger partial charge in [0.05, 0.1) is 6.42 Å². The minimum absolute atomic E-state index is 0.168. The standard InChI is InChI=1S/C17H15FN2O2/c1-11-20-15-7-6-12(8-16(15)22-11)9-17(21)19-10-13-4-2-3-5-14(13)18/h2-8H,9-10H2,1H3,(H,19,21). The Morgan fingerprint density at radius 1 is 1.27 bits per heavy atom. The first kappa shape index (κ1) is 14.3. The van der Waals surface area contributed by atoms with Crippen molar-refractivity contribution < 1.29 is 13.6 Å². The van der Waals surface area contributed by atoms with E-state index in [0.717, 1.165) is 11.1 Å². The Bertz CT molecular complexity index is 826. The van der Waals surface area contributed by atoms with Gasteiger partial charge in [0.15, 0.2) is 11.5 Å². The van der Waals surface area contributed by atoms with Crippen LogP contribution in [0.15, 0.2) is 46.9 Å². The summed E-state index contributed by atoms with van der Waals surface area (Å²) in [5, 5.41) is 2.72. The van der Waals surface area contributed by atoms with Gasteiger partial charge in [0.2, 0.25) is 5.91 Å². The van der Waals surface area contributed by atoms with Crippen LogP contribution < -0.4 is 5.32 Å². The zero-order valence-electron chi connectivity index (χ0n) is 12.1. The minimum Gasteiger partial charge on any atom is -0.441 e. The molecule has 0 bridgehead atoms. The Kier molecular flexibility index (Phi) is 3.87. The van der Waals surface area contributed by atoms with E-state index in [2.05, 4.69) is 10.3 Å². The van der Waals surface area contributed by atoms with E-state index in [1.807, 2.05) is 12.1 Å². The van der Waals surface area contributed by atoms with Gasteiger partial charge < -0.3 is 9.73 Å². The summed E-state index contributed by atoms with van der Waals surface area (Å²) < 4.78 is 18.9. The monoisotopic (exact) mass is 298 g/mol. The van der Waals surface area contributed by atoms with Gasteiger partial charge in [-0.2, -0.15) is 0 Å². The maximum atomic E-state index is 13.5. The number of oxazole rings is 1. The second-order valence-electron chi connectivity index (χ2n) is 5.08. The van der Waals surface area contributed by atoms with Gasteiger partial charge in [0, 0.05) is 19.0 Å². The third-order valence-electron chi connectivity index (χ3n) is 3.36. The zero-order chi connectivity index (χ0) is 15.5. The molecule has 0 aliphatic heterocycles. The summed E-state index contributed by atoms with van der Waals surface area (Å²) in [5.41, 5.74) is 2.73. The van der Waals surface area contributed by atoms with Crippen molar-refractivity contribution in [2.75, 3.05) is 0 Å². The summed E-state index contributed by atoms with van der Waals surface area (Å²) in [6, 6.07) is 11.9. The van der Waals surface area contributed by atoms with Crippen molar-refractivity contribution in [2.24, 2.45) is 0 Å². The van der Waals surface area contributed by atoms with Crippen LogP contribution in [0, 0.1) is 12.7 Å². The number of hydrogen-bond donors (Lipinski definition) is 1. The number of halogens is 1. The fraction of sp³-hybridized carbons (Fsp3) is 0.176. The average molecular weight is 298 g/mol. The van der Waals surface area contributed by atoms with E-state index in [4.69, 9.17) is 4.42 Å². The second kappa shape index (κ2) is 5.97. The molecule has 0 saturated heterocycles. The molecule has 0 aliphatic rings. The first-order chi connectivity index (χ1) is 10.6. The lowest BCUT2D eigenvalue weighted by Crippen LogP contribution is -2.24. The Morgan fingerprint density at radius 2 is 2.09 bits per heavy atom. The van der Waals surface area contributed by atoms with Gasteiger partial charge in [-0.25, -0.2) is 9.37 Å². The molecule has 1 heterocycles. The highest BCUT2D eigenvalue weighted by Gasteiger charge is 2.08. The molecule has 1 N–H and O–H groups in total. The molecular formula is C17H15FN2O2. The molecule has 5 heteroatoms. The van der Waals surface area contributed by atoms with Crippen LogP contribution in [0.4, 0.5) is 4.39 Å². The molecule has 1 amide bonds. The molecule has 112 valence electrons. The molecule has 1 aromatic heterocycles. The summed E-state index contributed by atoms with van der Waals surface area (Å²) >= 11 is 0. The van der Waals surface area contributed by atoms with Crippen molar-refractivity contribution >= 4 is 17.0 Å². The highest BCUT2D eigenvalue weighted by Crippen LogP contribution is 2.17.